The van der Waals surface area contributed by atoms with E-state index in [1.807, 2.05) is 0 Å². The quantitative estimate of drug-likeness (QED) is 0.657. The number of nitrogens with one attached hydrogen (secondary N) is 1. The molecule has 0 bridgehead atoms. The first-order valence-electron chi connectivity index (χ1n) is 8.44. The molecule has 0 heterocycles. The van der Waals surface area contributed by atoms with Crippen molar-refractivity contribution in [2.24, 2.45) is 5.92 Å². The Labute approximate surface area is 152 Å². The van der Waals surface area contributed by atoms with Crippen LogP contribution in [0.15, 0.2) is 24.3 Å². The van der Waals surface area contributed by atoms with Gasteiger partial charge in [0.05, 0.1) is 5.92 Å². The largest absolute Gasteiger partial charge is 0.481 e. The number of carbonyl (C=O) groups excluding carboxylic acids is 2. The number of carbonyl (C=O) groups is 3. The van der Waals surface area contributed by atoms with Gasteiger partial charge in [-0.2, -0.15) is 0 Å². The average Bonchev–Trinajstić information content (AvgIpc) is 3.41. The highest BCUT2D eigenvalue weighted by atomic mass is 35.5. The van der Waals surface area contributed by atoms with Gasteiger partial charge < -0.3 is 15.3 Å². The molecule has 1 aromatic rings. The SMILES string of the molecule is CC(CN(C(=O)CCCNC(=O)c1ccc(Cl)cc1)C1CC1)C(=O)O. The highest BCUT2D eigenvalue weighted by Crippen LogP contribution is 2.28. The second-order valence-electron chi connectivity index (χ2n) is 6.38. The van der Waals surface area contributed by atoms with E-state index in [2.05, 4.69) is 5.32 Å². The fraction of sp³-hybridized carbons (Fsp3) is 0.500. The summed E-state index contributed by atoms with van der Waals surface area (Å²) < 4.78 is 0. The zero-order valence-corrected chi connectivity index (χ0v) is 15.0. The van der Waals surface area contributed by atoms with E-state index in [0.717, 1.165) is 12.8 Å². The molecule has 2 amide bonds. The van der Waals surface area contributed by atoms with Crippen molar-refractivity contribution in [2.45, 2.75) is 38.6 Å². The van der Waals surface area contributed by atoms with Gasteiger partial charge in [-0.15, -0.1) is 0 Å². The number of hydrogen-bond acceptors (Lipinski definition) is 3. The normalized spacial score (nSPS) is 14.6. The fourth-order valence-corrected chi connectivity index (χ4v) is 2.63. The van der Waals surface area contributed by atoms with Crippen molar-refractivity contribution in [3.8, 4) is 0 Å². The summed E-state index contributed by atoms with van der Waals surface area (Å²) in [4.78, 5) is 37.0. The van der Waals surface area contributed by atoms with Crippen molar-refractivity contribution in [1.29, 1.82) is 0 Å². The van der Waals surface area contributed by atoms with Crippen LogP contribution in [-0.2, 0) is 9.59 Å². The Morgan fingerprint density at radius 1 is 1.28 bits per heavy atom. The van der Waals surface area contributed by atoms with Crippen molar-refractivity contribution >= 4 is 29.4 Å². The number of carboxylic acid groups (broad SMARTS) is 1. The number of halogens is 1. The van der Waals surface area contributed by atoms with Gasteiger partial charge in [-0.25, -0.2) is 0 Å². The molecule has 136 valence electrons. The zero-order valence-electron chi connectivity index (χ0n) is 14.2. The fourth-order valence-electron chi connectivity index (χ4n) is 2.50. The maximum Gasteiger partial charge on any atom is 0.308 e. The molecule has 6 nitrogen and oxygen atoms in total. The summed E-state index contributed by atoms with van der Waals surface area (Å²) in [5.74, 6) is -1.72. The van der Waals surface area contributed by atoms with Crippen LogP contribution < -0.4 is 5.32 Å². The monoisotopic (exact) mass is 366 g/mol. The summed E-state index contributed by atoms with van der Waals surface area (Å²) in [7, 11) is 0. The van der Waals surface area contributed by atoms with E-state index < -0.39 is 11.9 Å². The minimum atomic E-state index is -0.895. The Hall–Kier alpha value is -2.08. The molecule has 1 fully saturated rings. The first-order valence-corrected chi connectivity index (χ1v) is 8.82. The van der Waals surface area contributed by atoms with Gasteiger partial charge in [-0.1, -0.05) is 18.5 Å². The second-order valence-corrected chi connectivity index (χ2v) is 6.82. The van der Waals surface area contributed by atoms with Crippen LogP contribution in [0.4, 0.5) is 0 Å². The predicted octanol–water partition coefficient (Wildman–Crippen LogP) is 2.56. The molecular weight excluding hydrogens is 344 g/mol. The molecule has 25 heavy (non-hydrogen) atoms. The number of rotatable bonds is 9. The lowest BCUT2D eigenvalue weighted by atomic mass is 10.1. The van der Waals surface area contributed by atoms with Crippen molar-refractivity contribution in [3.63, 3.8) is 0 Å². The van der Waals surface area contributed by atoms with Crippen LogP contribution in [0.3, 0.4) is 0 Å². The van der Waals surface area contributed by atoms with Gasteiger partial charge in [-0.05, 0) is 43.5 Å². The van der Waals surface area contributed by atoms with Gasteiger partial charge in [0.25, 0.3) is 5.91 Å². The molecule has 2 rings (SSSR count). The smallest absolute Gasteiger partial charge is 0.308 e. The topological polar surface area (TPSA) is 86.7 Å². The second kappa shape index (κ2) is 8.85. The van der Waals surface area contributed by atoms with Gasteiger partial charge in [0.1, 0.15) is 0 Å². The van der Waals surface area contributed by atoms with Crippen LogP contribution in [0.1, 0.15) is 43.0 Å². The molecule has 1 saturated carbocycles. The molecule has 1 aromatic carbocycles. The van der Waals surface area contributed by atoms with Gasteiger partial charge >= 0.3 is 5.97 Å². The van der Waals surface area contributed by atoms with E-state index in [4.69, 9.17) is 16.7 Å². The lowest BCUT2D eigenvalue weighted by Crippen LogP contribution is -2.38. The highest BCUT2D eigenvalue weighted by molar-refractivity contribution is 6.30. The third-order valence-corrected chi connectivity index (χ3v) is 4.41. The van der Waals surface area contributed by atoms with Crippen LogP contribution in [0, 0.1) is 5.92 Å². The van der Waals surface area contributed by atoms with Gasteiger partial charge in [0, 0.05) is 36.1 Å². The molecule has 0 radical (unpaired) electrons. The first-order chi connectivity index (χ1) is 11.9. The van der Waals surface area contributed by atoms with Crippen LogP contribution in [-0.4, -0.2) is 46.9 Å². The Bertz CT molecular complexity index is 628. The summed E-state index contributed by atoms with van der Waals surface area (Å²) >= 11 is 5.78. The Morgan fingerprint density at radius 2 is 1.92 bits per heavy atom. The van der Waals surface area contributed by atoms with Crippen LogP contribution in [0.2, 0.25) is 5.02 Å². The Morgan fingerprint density at radius 3 is 2.48 bits per heavy atom. The number of carboxylic acids is 1. The summed E-state index contributed by atoms with van der Waals surface area (Å²) in [5, 5.41) is 12.4. The van der Waals surface area contributed by atoms with Gasteiger partial charge in [0.2, 0.25) is 5.91 Å². The lowest BCUT2D eigenvalue weighted by Gasteiger charge is -2.24. The third-order valence-electron chi connectivity index (χ3n) is 4.16. The summed E-state index contributed by atoms with van der Waals surface area (Å²) in [6.45, 7) is 2.24. The van der Waals surface area contributed by atoms with E-state index in [9.17, 15) is 14.4 Å². The summed E-state index contributed by atoms with van der Waals surface area (Å²) in [6.07, 6.45) is 2.68. The molecular formula is C18H23ClN2O4. The molecule has 1 aliphatic rings. The molecule has 1 unspecified atom stereocenters. The van der Waals surface area contributed by atoms with E-state index in [0.29, 0.717) is 30.0 Å². The van der Waals surface area contributed by atoms with E-state index in [1.165, 1.54) is 0 Å². The van der Waals surface area contributed by atoms with Crippen molar-refractivity contribution < 1.29 is 19.5 Å². The molecule has 2 N–H and O–H groups in total. The maximum absolute atomic E-state index is 12.3. The van der Waals surface area contributed by atoms with E-state index >= 15 is 0 Å². The predicted molar refractivity (Wildman–Crippen MR) is 94.6 cm³/mol. The van der Waals surface area contributed by atoms with E-state index in [1.54, 1.807) is 36.1 Å². The third kappa shape index (κ3) is 6.05. The summed E-state index contributed by atoms with van der Waals surface area (Å²) in [6, 6.07) is 6.77. The van der Waals surface area contributed by atoms with Crippen LogP contribution in [0.5, 0.6) is 0 Å². The van der Waals surface area contributed by atoms with Gasteiger partial charge in [-0.3, -0.25) is 14.4 Å². The number of nitrogens with zero attached hydrogens (tertiary/aromatic N) is 1. The molecule has 1 atom stereocenters. The molecule has 0 spiro atoms. The van der Waals surface area contributed by atoms with Crippen molar-refractivity contribution in [1.82, 2.24) is 10.2 Å². The molecule has 0 aromatic heterocycles. The molecule has 0 aliphatic heterocycles. The van der Waals surface area contributed by atoms with E-state index in [-0.39, 0.29) is 24.4 Å². The maximum atomic E-state index is 12.3. The first kappa shape index (κ1) is 19.2. The minimum absolute atomic E-state index is 0.0451. The number of benzene rings is 1. The number of aliphatic carboxylic acids is 1. The molecule has 7 heteroatoms. The Kier molecular flexibility index (Phi) is 6.82. The molecule has 0 saturated heterocycles. The van der Waals surface area contributed by atoms with Crippen LogP contribution >= 0.6 is 11.6 Å². The van der Waals surface area contributed by atoms with Crippen molar-refractivity contribution in [3.05, 3.63) is 34.9 Å². The Balaban J connectivity index is 1.74. The number of hydrogen-bond donors (Lipinski definition) is 2. The lowest BCUT2D eigenvalue weighted by molar-refractivity contribution is -0.143. The standard InChI is InChI=1S/C18H23ClN2O4/c1-12(18(24)25)11-21(15-8-9-15)16(22)3-2-10-20-17(23)13-4-6-14(19)7-5-13/h4-7,12,15H,2-3,8-11H2,1H3,(H,20,23)(H,24,25). The van der Waals surface area contributed by atoms with Gasteiger partial charge in [0.15, 0.2) is 0 Å². The minimum Gasteiger partial charge on any atom is -0.481 e. The number of amides is 2. The summed E-state index contributed by atoms with van der Waals surface area (Å²) in [5.41, 5.74) is 0.519. The van der Waals surface area contributed by atoms with Crippen LogP contribution in [0.25, 0.3) is 0 Å². The average molecular weight is 367 g/mol. The zero-order chi connectivity index (χ0) is 18.4. The highest BCUT2D eigenvalue weighted by Gasteiger charge is 2.33. The molecule has 1 aliphatic carbocycles. The van der Waals surface area contributed by atoms with Crippen molar-refractivity contribution in [2.75, 3.05) is 13.1 Å².